The van der Waals surface area contributed by atoms with Gasteiger partial charge in [0.25, 0.3) is 0 Å². The van der Waals surface area contributed by atoms with E-state index in [1.165, 1.54) is 12.1 Å². The van der Waals surface area contributed by atoms with Crippen LogP contribution in [0.2, 0.25) is 0 Å². The Kier molecular flexibility index (Phi) is 3.94. The Labute approximate surface area is 120 Å². The number of benzene rings is 1. The molecule has 3 N–H and O–H groups in total. The molecule has 0 saturated carbocycles. The lowest BCUT2D eigenvalue weighted by Gasteiger charge is -2.14. The van der Waals surface area contributed by atoms with Gasteiger partial charge in [-0.3, -0.25) is 4.98 Å². The molecule has 104 valence electrons. The summed E-state index contributed by atoms with van der Waals surface area (Å²) in [5.41, 5.74) is 8.08. The molecule has 0 radical (unpaired) electrons. The third-order valence-electron chi connectivity index (χ3n) is 2.80. The van der Waals surface area contributed by atoms with Crippen LogP contribution in [0, 0.1) is 25.5 Å². The summed E-state index contributed by atoms with van der Waals surface area (Å²) in [6.45, 7) is 3.55. The first-order chi connectivity index (χ1) is 9.40. The molecule has 6 heteroatoms. The fraction of sp³-hybridized carbons (Fsp3) is 0.143. The summed E-state index contributed by atoms with van der Waals surface area (Å²) in [6.07, 6.45) is 0. The molecule has 1 heterocycles. The molecule has 0 bridgehead atoms. The fourth-order valence-corrected chi connectivity index (χ4v) is 2.24. The fourth-order valence-electron chi connectivity index (χ4n) is 1.98. The van der Waals surface area contributed by atoms with Crippen LogP contribution in [0.4, 0.5) is 20.2 Å². The molecule has 1 aromatic carbocycles. The lowest BCUT2D eigenvalue weighted by molar-refractivity contribution is 0.512. The number of aromatic nitrogens is 1. The molecule has 0 aliphatic carbocycles. The normalized spacial score (nSPS) is 10.4. The summed E-state index contributed by atoms with van der Waals surface area (Å²) < 4.78 is 26.9. The number of anilines is 2. The highest BCUT2D eigenvalue weighted by Gasteiger charge is 2.14. The van der Waals surface area contributed by atoms with E-state index in [0.717, 1.165) is 11.8 Å². The van der Waals surface area contributed by atoms with Crippen LogP contribution < -0.4 is 11.1 Å². The van der Waals surface area contributed by atoms with Crippen molar-refractivity contribution in [2.75, 3.05) is 5.32 Å². The standard InChI is InChI=1S/C14H13F2N3S/c1-7-6-11(12(14(17)20)8(2)18-7)19-10-5-3-4-9(15)13(10)16/h3-6H,1-2H3,(H2,17,20)(H,18,19). The predicted octanol–water partition coefficient (Wildman–Crippen LogP) is 3.35. The maximum absolute atomic E-state index is 13.7. The van der Waals surface area contributed by atoms with Crippen molar-refractivity contribution >= 4 is 28.6 Å². The van der Waals surface area contributed by atoms with Gasteiger partial charge < -0.3 is 11.1 Å². The third kappa shape index (κ3) is 2.75. The average Bonchev–Trinajstić information content (AvgIpc) is 2.33. The molecule has 2 aromatic rings. The Hall–Kier alpha value is -2.08. The summed E-state index contributed by atoms with van der Waals surface area (Å²) in [5.74, 6) is -1.87. The molecule has 0 unspecified atom stereocenters. The van der Waals surface area contributed by atoms with Gasteiger partial charge in [-0.1, -0.05) is 18.3 Å². The van der Waals surface area contributed by atoms with E-state index in [2.05, 4.69) is 10.3 Å². The largest absolute Gasteiger partial charge is 0.389 e. The molecule has 0 aliphatic rings. The second kappa shape index (κ2) is 5.50. The van der Waals surface area contributed by atoms with Gasteiger partial charge in [-0.2, -0.15) is 0 Å². The van der Waals surface area contributed by atoms with E-state index < -0.39 is 11.6 Å². The number of rotatable bonds is 3. The van der Waals surface area contributed by atoms with Crippen molar-refractivity contribution in [3.63, 3.8) is 0 Å². The van der Waals surface area contributed by atoms with Crippen LogP contribution >= 0.6 is 12.2 Å². The number of nitrogens with one attached hydrogen (secondary N) is 1. The summed E-state index contributed by atoms with van der Waals surface area (Å²) >= 11 is 4.99. The van der Waals surface area contributed by atoms with Gasteiger partial charge in [-0.15, -0.1) is 0 Å². The maximum Gasteiger partial charge on any atom is 0.182 e. The zero-order valence-corrected chi connectivity index (χ0v) is 11.8. The van der Waals surface area contributed by atoms with Gasteiger partial charge in [0, 0.05) is 11.4 Å². The van der Waals surface area contributed by atoms with Crippen LogP contribution in [0.25, 0.3) is 0 Å². The molecule has 0 saturated heterocycles. The van der Waals surface area contributed by atoms with Crippen molar-refractivity contribution in [1.29, 1.82) is 0 Å². The topological polar surface area (TPSA) is 50.9 Å². The molecule has 20 heavy (non-hydrogen) atoms. The number of nitrogens with two attached hydrogens (primary N) is 1. The quantitative estimate of drug-likeness (QED) is 0.852. The lowest BCUT2D eigenvalue weighted by Crippen LogP contribution is -2.15. The first-order valence-corrected chi connectivity index (χ1v) is 6.30. The maximum atomic E-state index is 13.7. The number of pyridine rings is 1. The third-order valence-corrected chi connectivity index (χ3v) is 3.00. The Morgan fingerprint density at radius 2 is 1.95 bits per heavy atom. The van der Waals surface area contributed by atoms with E-state index in [1.54, 1.807) is 19.9 Å². The summed E-state index contributed by atoms with van der Waals surface area (Å²) in [6, 6.07) is 5.60. The highest BCUT2D eigenvalue weighted by Crippen LogP contribution is 2.26. The SMILES string of the molecule is Cc1cc(Nc2cccc(F)c2F)c(C(N)=S)c(C)n1. The van der Waals surface area contributed by atoms with Crippen LogP contribution in [-0.2, 0) is 0 Å². The van der Waals surface area contributed by atoms with E-state index in [9.17, 15) is 8.78 Å². The zero-order chi connectivity index (χ0) is 14.9. The Bertz CT molecular complexity index is 686. The van der Waals surface area contributed by atoms with Crippen molar-refractivity contribution in [2.45, 2.75) is 13.8 Å². The number of hydrogen-bond donors (Lipinski definition) is 2. The molecule has 0 spiro atoms. The van der Waals surface area contributed by atoms with Crippen LogP contribution in [-0.4, -0.2) is 9.97 Å². The molecule has 0 fully saturated rings. The van der Waals surface area contributed by atoms with Crippen LogP contribution in [0.15, 0.2) is 24.3 Å². The second-order valence-electron chi connectivity index (χ2n) is 4.36. The Morgan fingerprint density at radius 1 is 1.25 bits per heavy atom. The number of nitrogens with zero attached hydrogens (tertiary/aromatic N) is 1. The van der Waals surface area contributed by atoms with Gasteiger partial charge >= 0.3 is 0 Å². The van der Waals surface area contributed by atoms with Crippen LogP contribution in [0.5, 0.6) is 0 Å². The van der Waals surface area contributed by atoms with E-state index >= 15 is 0 Å². The minimum absolute atomic E-state index is 0.0208. The molecule has 0 aliphatic heterocycles. The Balaban J connectivity index is 2.53. The van der Waals surface area contributed by atoms with Crippen molar-refractivity contribution in [3.05, 3.63) is 52.9 Å². The number of thiocarbonyl (C=S) groups is 1. The van der Waals surface area contributed by atoms with Gasteiger partial charge in [-0.05, 0) is 32.0 Å². The summed E-state index contributed by atoms with van der Waals surface area (Å²) in [4.78, 5) is 4.41. The van der Waals surface area contributed by atoms with Crippen molar-refractivity contribution < 1.29 is 8.78 Å². The highest BCUT2D eigenvalue weighted by molar-refractivity contribution is 7.80. The molecule has 0 atom stereocenters. The van der Waals surface area contributed by atoms with Crippen LogP contribution in [0.3, 0.4) is 0 Å². The van der Waals surface area contributed by atoms with E-state index in [-0.39, 0.29) is 10.7 Å². The predicted molar refractivity (Wildman–Crippen MR) is 79.2 cm³/mol. The average molecular weight is 293 g/mol. The van der Waals surface area contributed by atoms with Gasteiger partial charge in [0.1, 0.15) is 4.99 Å². The van der Waals surface area contributed by atoms with E-state index in [0.29, 0.717) is 16.9 Å². The molecule has 1 aromatic heterocycles. The minimum Gasteiger partial charge on any atom is -0.389 e. The van der Waals surface area contributed by atoms with Crippen LogP contribution in [0.1, 0.15) is 17.0 Å². The minimum atomic E-state index is -0.950. The number of aryl methyl sites for hydroxylation is 2. The zero-order valence-electron chi connectivity index (χ0n) is 11.0. The Morgan fingerprint density at radius 3 is 2.60 bits per heavy atom. The lowest BCUT2D eigenvalue weighted by atomic mass is 10.1. The number of halogens is 2. The van der Waals surface area contributed by atoms with Gasteiger partial charge in [0.15, 0.2) is 11.6 Å². The first-order valence-electron chi connectivity index (χ1n) is 5.89. The first kappa shape index (κ1) is 14.3. The summed E-state index contributed by atoms with van der Waals surface area (Å²) in [7, 11) is 0. The monoisotopic (exact) mass is 293 g/mol. The molecular weight excluding hydrogens is 280 g/mol. The smallest absolute Gasteiger partial charge is 0.182 e. The summed E-state index contributed by atoms with van der Waals surface area (Å²) in [5, 5.41) is 2.82. The second-order valence-corrected chi connectivity index (χ2v) is 4.80. The van der Waals surface area contributed by atoms with Crippen molar-refractivity contribution in [3.8, 4) is 0 Å². The van der Waals surface area contributed by atoms with Gasteiger partial charge in [-0.25, -0.2) is 8.78 Å². The highest BCUT2D eigenvalue weighted by atomic mass is 32.1. The van der Waals surface area contributed by atoms with Crippen molar-refractivity contribution in [2.24, 2.45) is 5.73 Å². The van der Waals surface area contributed by atoms with E-state index in [4.69, 9.17) is 18.0 Å². The van der Waals surface area contributed by atoms with Gasteiger partial charge in [0.05, 0.1) is 16.9 Å². The molecule has 2 rings (SSSR count). The van der Waals surface area contributed by atoms with Crippen molar-refractivity contribution in [1.82, 2.24) is 4.98 Å². The van der Waals surface area contributed by atoms with Gasteiger partial charge in [0.2, 0.25) is 0 Å². The van der Waals surface area contributed by atoms with E-state index in [1.807, 2.05) is 0 Å². The molecule has 3 nitrogen and oxygen atoms in total. The molecule has 0 amide bonds. The number of hydrogen-bond acceptors (Lipinski definition) is 3. The molecular formula is C14H13F2N3S.